The van der Waals surface area contributed by atoms with Gasteiger partial charge in [0.2, 0.25) is 0 Å². The highest BCUT2D eigenvalue weighted by molar-refractivity contribution is 6.03. The molecule has 1 amide bonds. The smallest absolute Gasteiger partial charge is 0.270 e. The molecule has 0 bridgehead atoms. The zero-order chi connectivity index (χ0) is 13.9. The molecule has 1 N–H and O–H groups in total. The van der Waals surface area contributed by atoms with Crippen LogP contribution in [0.25, 0.3) is 5.65 Å². The Morgan fingerprint density at radius 1 is 1.25 bits per heavy atom. The maximum absolute atomic E-state index is 12.2. The Hall–Kier alpha value is -2.95. The largest absolute Gasteiger partial charge is 0.322 e. The van der Waals surface area contributed by atoms with Gasteiger partial charge in [0.25, 0.3) is 11.5 Å². The van der Waals surface area contributed by atoms with Crippen molar-refractivity contribution in [2.24, 2.45) is 0 Å². The number of carbonyl (C=O) groups is 1. The van der Waals surface area contributed by atoms with Gasteiger partial charge in [-0.25, -0.2) is 4.98 Å². The molecule has 0 aliphatic rings. The van der Waals surface area contributed by atoms with Crippen molar-refractivity contribution in [3.8, 4) is 0 Å². The van der Waals surface area contributed by atoms with Gasteiger partial charge in [-0.15, -0.1) is 0 Å². The third-order valence-electron chi connectivity index (χ3n) is 2.82. The first-order valence-electron chi connectivity index (χ1n) is 5.99. The Morgan fingerprint density at radius 2 is 2.15 bits per heavy atom. The monoisotopic (exact) mass is 264 g/mol. The molecule has 1 aromatic carbocycles. The van der Waals surface area contributed by atoms with E-state index >= 15 is 0 Å². The third kappa shape index (κ3) is 2.16. The number of anilines is 1. The zero-order valence-corrected chi connectivity index (χ0v) is 10.4. The Bertz CT molecular complexity index is 825. The number of hydrogen-bond donors (Lipinski definition) is 1. The van der Waals surface area contributed by atoms with Crippen molar-refractivity contribution in [3.63, 3.8) is 0 Å². The molecule has 0 unspecified atom stereocenters. The first-order valence-corrected chi connectivity index (χ1v) is 5.99. The molecule has 3 aromatic rings. The highest BCUT2D eigenvalue weighted by atomic mass is 16.2. The van der Waals surface area contributed by atoms with Gasteiger partial charge in [0.1, 0.15) is 11.2 Å². The van der Waals surface area contributed by atoms with Crippen LogP contribution in [0.2, 0.25) is 0 Å². The number of carbonyl (C=O) groups excluding carboxylic acids is 1. The van der Waals surface area contributed by atoms with Crippen molar-refractivity contribution in [2.45, 2.75) is 0 Å². The molecule has 5 heteroatoms. The van der Waals surface area contributed by atoms with Crippen LogP contribution in [0.3, 0.4) is 0 Å². The summed E-state index contributed by atoms with van der Waals surface area (Å²) in [7, 11) is 0. The van der Waals surface area contributed by atoms with E-state index in [4.69, 9.17) is 0 Å². The normalized spacial score (nSPS) is 10.4. The lowest BCUT2D eigenvalue weighted by Crippen LogP contribution is -2.26. The van der Waals surface area contributed by atoms with Crippen LogP contribution in [0.1, 0.15) is 10.4 Å². The number of benzene rings is 1. The fraction of sp³-hybridized carbons (Fsp3) is 0. The highest BCUT2D eigenvalue weighted by Gasteiger charge is 2.13. The van der Waals surface area contributed by atoms with E-state index in [2.05, 4.69) is 16.4 Å². The lowest BCUT2D eigenvalue weighted by atomic mass is 10.2. The van der Waals surface area contributed by atoms with E-state index in [1.807, 2.05) is 0 Å². The molecule has 0 aliphatic heterocycles. The molecule has 0 saturated heterocycles. The van der Waals surface area contributed by atoms with Gasteiger partial charge in [0, 0.05) is 18.1 Å². The molecule has 5 nitrogen and oxygen atoms in total. The number of nitrogens with one attached hydrogen (secondary N) is 1. The van der Waals surface area contributed by atoms with Crippen LogP contribution in [-0.4, -0.2) is 15.3 Å². The lowest BCUT2D eigenvalue weighted by Gasteiger charge is -2.05. The number of aromatic nitrogens is 2. The van der Waals surface area contributed by atoms with Crippen molar-refractivity contribution in [1.82, 2.24) is 9.38 Å². The molecular weight excluding hydrogens is 254 g/mol. The summed E-state index contributed by atoms with van der Waals surface area (Å²) in [6, 6.07) is 14.9. The topological polar surface area (TPSA) is 63.5 Å². The van der Waals surface area contributed by atoms with E-state index < -0.39 is 11.5 Å². The molecule has 0 fully saturated rings. The average Bonchev–Trinajstić information content (AvgIpc) is 2.49. The van der Waals surface area contributed by atoms with Crippen molar-refractivity contribution in [1.29, 1.82) is 0 Å². The van der Waals surface area contributed by atoms with E-state index in [9.17, 15) is 9.59 Å². The Balaban J connectivity index is 2.00. The Kier molecular flexibility index (Phi) is 3.01. The maximum atomic E-state index is 12.2. The van der Waals surface area contributed by atoms with E-state index in [-0.39, 0.29) is 5.56 Å². The molecule has 0 aliphatic carbocycles. The second kappa shape index (κ2) is 4.97. The number of amides is 1. The molecule has 3 rings (SSSR count). The quantitative estimate of drug-likeness (QED) is 0.767. The second-order valence-corrected chi connectivity index (χ2v) is 4.15. The maximum Gasteiger partial charge on any atom is 0.270 e. The summed E-state index contributed by atoms with van der Waals surface area (Å²) >= 11 is 0. The van der Waals surface area contributed by atoms with Crippen molar-refractivity contribution >= 4 is 17.2 Å². The summed E-state index contributed by atoms with van der Waals surface area (Å²) in [5.74, 6) is -0.486. The van der Waals surface area contributed by atoms with E-state index in [1.54, 1.807) is 48.7 Å². The van der Waals surface area contributed by atoms with Crippen LogP contribution in [0.15, 0.2) is 59.7 Å². The standard InChI is InChI=1S/C15H10N3O2/c19-14(17-11-6-2-1-3-7-11)12-10-16-13-8-4-5-9-18(13)15(12)20/h1-2,4-10H,(H,17,19). The van der Waals surface area contributed by atoms with Crippen LogP contribution in [0, 0.1) is 6.07 Å². The average molecular weight is 264 g/mol. The minimum Gasteiger partial charge on any atom is -0.322 e. The Morgan fingerprint density at radius 3 is 2.95 bits per heavy atom. The fourth-order valence-corrected chi connectivity index (χ4v) is 1.85. The van der Waals surface area contributed by atoms with E-state index in [1.165, 1.54) is 10.6 Å². The number of fused-ring (bicyclic) bond motifs is 1. The minimum absolute atomic E-state index is 0.00227. The van der Waals surface area contributed by atoms with Gasteiger partial charge in [-0.05, 0) is 30.3 Å². The molecule has 1 radical (unpaired) electrons. The van der Waals surface area contributed by atoms with Gasteiger partial charge in [0.15, 0.2) is 0 Å². The van der Waals surface area contributed by atoms with Gasteiger partial charge in [-0.1, -0.05) is 18.2 Å². The number of hydrogen-bond acceptors (Lipinski definition) is 3. The van der Waals surface area contributed by atoms with Crippen LogP contribution in [0.5, 0.6) is 0 Å². The van der Waals surface area contributed by atoms with Gasteiger partial charge in [-0.3, -0.25) is 14.0 Å². The van der Waals surface area contributed by atoms with E-state index in [0.717, 1.165) is 0 Å². The molecular formula is C15H10N3O2. The summed E-state index contributed by atoms with van der Waals surface area (Å²) < 4.78 is 1.34. The predicted octanol–water partition coefficient (Wildman–Crippen LogP) is 1.75. The molecule has 97 valence electrons. The van der Waals surface area contributed by atoms with Crippen molar-refractivity contribution in [3.05, 3.63) is 76.8 Å². The summed E-state index contributed by atoms with van der Waals surface area (Å²) in [5, 5.41) is 2.64. The summed E-state index contributed by atoms with van der Waals surface area (Å²) in [6.45, 7) is 0. The zero-order valence-electron chi connectivity index (χ0n) is 10.4. The predicted molar refractivity (Wildman–Crippen MR) is 74.7 cm³/mol. The van der Waals surface area contributed by atoms with Gasteiger partial charge in [-0.2, -0.15) is 0 Å². The van der Waals surface area contributed by atoms with E-state index in [0.29, 0.717) is 11.3 Å². The SMILES string of the molecule is O=C(Nc1c[c]ccc1)c1cnc2ccccn2c1=O. The van der Waals surface area contributed by atoms with Crippen LogP contribution in [-0.2, 0) is 0 Å². The number of rotatable bonds is 2. The molecule has 20 heavy (non-hydrogen) atoms. The van der Waals surface area contributed by atoms with Gasteiger partial charge < -0.3 is 5.32 Å². The first-order chi connectivity index (χ1) is 9.75. The molecule has 0 spiro atoms. The summed E-state index contributed by atoms with van der Waals surface area (Å²) in [4.78, 5) is 28.4. The molecule has 2 heterocycles. The number of pyridine rings is 1. The van der Waals surface area contributed by atoms with Crippen molar-refractivity contribution < 1.29 is 4.79 Å². The highest BCUT2D eigenvalue weighted by Crippen LogP contribution is 2.06. The number of nitrogens with zero attached hydrogens (tertiary/aromatic N) is 2. The molecule has 0 atom stereocenters. The molecule has 2 aromatic heterocycles. The third-order valence-corrected chi connectivity index (χ3v) is 2.82. The summed E-state index contributed by atoms with van der Waals surface area (Å²) in [5.41, 5.74) is 0.683. The summed E-state index contributed by atoms with van der Waals surface area (Å²) in [6.07, 6.45) is 2.87. The van der Waals surface area contributed by atoms with Gasteiger partial charge in [0.05, 0.1) is 0 Å². The second-order valence-electron chi connectivity index (χ2n) is 4.15. The van der Waals surface area contributed by atoms with Gasteiger partial charge >= 0.3 is 0 Å². The van der Waals surface area contributed by atoms with Crippen LogP contribution in [0.4, 0.5) is 5.69 Å². The molecule has 0 saturated carbocycles. The van der Waals surface area contributed by atoms with Crippen LogP contribution < -0.4 is 10.9 Å². The Labute approximate surface area is 114 Å². The van der Waals surface area contributed by atoms with Crippen LogP contribution >= 0.6 is 0 Å². The van der Waals surface area contributed by atoms with Crippen molar-refractivity contribution in [2.75, 3.05) is 5.32 Å². The minimum atomic E-state index is -0.486. The first kappa shape index (κ1) is 12.1. The fourth-order valence-electron chi connectivity index (χ4n) is 1.85. The lowest BCUT2D eigenvalue weighted by molar-refractivity contribution is 0.102.